The predicted octanol–water partition coefficient (Wildman–Crippen LogP) is 1.66. The molecule has 4 nitrogen and oxygen atoms in total. The summed E-state index contributed by atoms with van der Waals surface area (Å²) in [5.74, 6) is 0.318. The van der Waals surface area contributed by atoms with Crippen LogP contribution in [0, 0.1) is 0 Å². The van der Waals surface area contributed by atoms with E-state index >= 15 is 0 Å². The van der Waals surface area contributed by atoms with Crippen molar-refractivity contribution in [1.29, 1.82) is 0 Å². The number of fused-ring (bicyclic) bond motifs is 1. The third-order valence-electron chi connectivity index (χ3n) is 3.14. The van der Waals surface area contributed by atoms with Crippen LogP contribution in [0.5, 0.6) is 0 Å². The Morgan fingerprint density at radius 1 is 1.50 bits per heavy atom. The van der Waals surface area contributed by atoms with Gasteiger partial charge >= 0.3 is 0 Å². The van der Waals surface area contributed by atoms with E-state index < -0.39 is 0 Å². The van der Waals surface area contributed by atoms with Crippen molar-refractivity contribution in [1.82, 2.24) is 14.6 Å². The monoisotopic (exact) mass is 232 g/mol. The highest BCUT2D eigenvalue weighted by atomic mass is 32.1. The molecule has 5 heteroatoms. The molecule has 2 unspecified atom stereocenters. The summed E-state index contributed by atoms with van der Waals surface area (Å²) >= 11 is 1.38. The molecule has 2 heterocycles. The van der Waals surface area contributed by atoms with Crippen molar-refractivity contribution in [3.63, 3.8) is 0 Å². The third-order valence-corrected chi connectivity index (χ3v) is 3.91. The van der Waals surface area contributed by atoms with E-state index in [1.165, 1.54) is 17.1 Å². The minimum absolute atomic E-state index is 0.0175. The predicted molar refractivity (Wildman–Crippen MR) is 62.1 cm³/mol. The largest absolute Gasteiger partial charge is 0.323 e. The van der Waals surface area contributed by atoms with E-state index in [2.05, 4.69) is 20.6 Å². The van der Waals surface area contributed by atoms with E-state index in [0.717, 1.165) is 23.4 Å². The zero-order chi connectivity index (χ0) is 11.0. The fraction of sp³-hybridized carbons (Fsp3) is 0.364. The molecule has 0 fully saturated rings. The Hall–Kier alpha value is -1.33. The summed E-state index contributed by atoms with van der Waals surface area (Å²) in [4.78, 5) is 5.50. The highest BCUT2D eigenvalue weighted by Crippen LogP contribution is 2.39. The average Bonchev–Trinajstić information content (AvgIpc) is 2.98. The molecule has 2 atom stereocenters. The first kappa shape index (κ1) is 9.86. The van der Waals surface area contributed by atoms with Gasteiger partial charge in [0, 0.05) is 17.8 Å². The van der Waals surface area contributed by atoms with Crippen molar-refractivity contribution in [2.75, 3.05) is 0 Å². The Balaban J connectivity index is 1.93. The van der Waals surface area contributed by atoms with Crippen molar-refractivity contribution in [3.8, 4) is 0 Å². The zero-order valence-corrected chi connectivity index (χ0v) is 9.52. The first-order valence-corrected chi connectivity index (χ1v) is 6.10. The van der Waals surface area contributed by atoms with Gasteiger partial charge in [0.25, 0.3) is 0 Å². The van der Waals surface area contributed by atoms with E-state index in [-0.39, 0.29) is 6.04 Å². The summed E-state index contributed by atoms with van der Waals surface area (Å²) in [5, 5.41) is 3.84. The highest BCUT2D eigenvalue weighted by Gasteiger charge is 2.30. The molecule has 16 heavy (non-hydrogen) atoms. The Kier molecular flexibility index (Phi) is 2.41. The van der Waals surface area contributed by atoms with E-state index in [4.69, 9.17) is 5.73 Å². The standard InChI is InChI=1S/C11H12N4S/c12-10(9-6-14-15-16-9)8-4-3-7-2-1-5-13-11(7)8/h1-2,5-6,8,10H,3-4,12H2. The van der Waals surface area contributed by atoms with Gasteiger partial charge in [-0.1, -0.05) is 10.6 Å². The van der Waals surface area contributed by atoms with Crippen LogP contribution in [0.4, 0.5) is 0 Å². The normalized spacial score (nSPS) is 20.7. The van der Waals surface area contributed by atoms with Gasteiger partial charge in [0.2, 0.25) is 0 Å². The van der Waals surface area contributed by atoms with Gasteiger partial charge in [-0.25, -0.2) is 0 Å². The lowest BCUT2D eigenvalue weighted by molar-refractivity contribution is 0.547. The van der Waals surface area contributed by atoms with Gasteiger partial charge < -0.3 is 5.73 Å². The van der Waals surface area contributed by atoms with Crippen molar-refractivity contribution >= 4 is 11.5 Å². The number of hydrogen-bond donors (Lipinski definition) is 1. The number of rotatable bonds is 2. The first-order valence-electron chi connectivity index (χ1n) is 5.33. The van der Waals surface area contributed by atoms with Gasteiger partial charge in [-0.15, -0.1) is 5.10 Å². The van der Waals surface area contributed by atoms with Gasteiger partial charge in [0.1, 0.15) is 0 Å². The summed E-state index contributed by atoms with van der Waals surface area (Å²) in [6.07, 6.45) is 5.75. The number of aromatic nitrogens is 3. The molecule has 2 aromatic rings. The molecular formula is C11H12N4S. The molecule has 0 spiro atoms. The number of pyridine rings is 1. The van der Waals surface area contributed by atoms with Crippen LogP contribution in [0.3, 0.4) is 0 Å². The van der Waals surface area contributed by atoms with Crippen molar-refractivity contribution in [2.24, 2.45) is 5.73 Å². The number of nitrogens with two attached hydrogens (primary N) is 1. The first-order chi connectivity index (χ1) is 7.86. The van der Waals surface area contributed by atoms with Crippen LogP contribution in [-0.4, -0.2) is 14.6 Å². The summed E-state index contributed by atoms with van der Waals surface area (Å²) in [5.41, 5.74) is 8.74. The SMILES string of the molecule is NC(c1cnns1)C1CCc2cccnc21. The molecule has 0 amide bonds. The van der Waals surface area contributed by atoms with Gasteiger partial charge in [-0.3, -0.25) is 4.98 Å². The van der Waals surface area contributed by atoms with Crippen LogP contribution in [-0.2, 0) is 6.42 Å². The number of nitrogens with zero attached hydrogens (tertiary/aromatic N) is 3. The van der Waals surface area contributed by atoms with Crippen LogP contribution in [0.15, 0.2) is 24.5 Å². The lowest BCUT2D eigenvalue weighted by Gasteiger charge is -2.16. The number of hydrogen-bond acceptors (Lipinski definition) is 5. The van der Waals surface area contributed by atoms with Crippen LogP contribution in [0.25, 0.3) is 0 Å². The third kappa shape index (κ3) is 1.52. The molecule has 1 aliphatic rings. The molecule has 82 valence electrons. The van der Waals surface area contributed by atoms with Crippen molar-refractivity contribution in [2.45, 2.75) is 24.8 Å². The molecule has 0 bridgehead atoms. The molecule has 0 saturated carbocycles. The van der Waals surface area contributed by atoms with E-state index in [1.807, 2.05) is 12.3 Å². The van der Waals surface area contributed by atoms with E-state index in [9.17, 15) is 0 Å². The molecule has 0 aliphatic heterocycles. The van der Waals surface area contributed by atoms with Crippen LogP contribution in [0.2, 0.25) is 0 Å². The maximum absolute atomic E-state index is 6.25. The maximum atomic E-state index is 6.25. The fourth-order valence-electron chi connectivity index (χ4n) is 2.31. The second kappa shape index (κ2) is 3.92. The number of aryl methyl sites for hydroxylation is 1. The molecule has 0 aromatic carbocycles. The molecule has 2 aromatic heterocycles. The fourth-order valence-corrected chi connectivity index (χ4v) is 2.88. The minimum atomic E-state index is -0.0175. The van der Waals surface area contributed by atoms with E-state index in [1.54, 1.807) is 6.20 Å². The minimum Gasteiger partial charge on any atom is -0.323 e. The average molecular weight is 232 g/mol. The Morgan fingerprint density at radius 3 is 3.25 bits per heavy atom. The quantitative estimate of drug-likeness (QED) is 0.855. The Morgan fingerprint density at radius 2 is 2.44 bits per heavy atom. The van der Waals surface area contributed by atoms with Crippen molar-refractivity contribution < 1.29 is 0 Å². The van der Waals surface area contributed by atoms with Crippen molar-refractivity contribution in [3.05, 3.63) is 40.7 Å². The summed E-state index contributed by atoms with van der Waals surface area (Å²) in [6.45, 7) is 0. The molecule has 0 radical (unpaired) electrons. The topological polar surface area (TPSA) is 64.7 Å². The highest BCUT2D eigenvalue weighted by molar-refractivity contribution is 7.05. The Bertz CT molecular complexity index is 482. The van der Waals surface area contributed by atoms with Crippen LogP contribution >= 0.6 is 11.5 Å². The summed E-state index contributed by atoms with van der Waals surface area (Å²) in [7, 11) is 0. The molecule has 1 aliphatic carbocycles. The lowest BCUT2D eigenvalue weighted by atomic mass is 9.97. The smallest absolute Gasteiger partial charge is 0.0669 e. The molecule has 3 rings (SSSR count). The van der Waals surface area contributed by atoms with E-state index in [0.29, 0.717) is 5.92 Å². The van der Waals surface area contributed by atoms with Crippen LogP contribution < -0.4 is 5.73 Å². The van der Waals surface area contributed by atoms with Gasteiger partial charge in [-0.05, 0) is 36.0 Å². The molecular weight excluding hydrogens is 220 g/mol. The lowest BCUT2D eigenvalue weighted by Crippen LogP contribution is -2.17. The maximum Gasteiger partial charge on any atom is 0.0669 e. The van der Waals surface area contributed by atoms with Gasteiger partial charge in [-0.2, -0.15) is 0 Å². The van der Waals surface area contributed by atoms with Gasteiger partial charge in [0.15, 0.2) is 0 Å². The molecule has 2 N–H and O–H groups in total. The van der Waals surface area contributed by atoms with Crippen LogP contribution in [0.1, 0.15) is 34.5 Å². The second-order valence-corrected chi connectivity index (χ2v) is 4.86. The second-order valence-electron chi connectivity index (χ2n) is 4.04. The summed E-state index contributed by atoms with van der Waals surface area (Å²) in [6, 6.07) is 4.11. The summed E-state index contributed by atoms with van der Waals surface area (Å²) < 4.78 is 3.86. The van der Waals surface area contributed by atoms with Gasteiger partial charge in [0.05, 0.1) is 17.1 Å². The zero-order valence-electron chi connectivity index (χ0n) is 8.71. The molecule has 0 saturated heterocycles. The Labute approximate surface area is 97.7 Å².